The molecule has 0 radical (unpaired) electrons. The highest BCUT2D eigenvalue weighted by Crippen LogP contribution is 3.04. The zero-order valence-corrected chi connectivity index (χ0v) is 10.5. The Morgan fingerprint density at radius 3 is 2.67 bits per heavy atom. The van der Waals surface area contributed by atoms with Crippen molar-refractivity contribution < 1.29 is 0 Å². The summed E-state index contributed by atoms with van der Waals surface area (Å²) in [6, 6.07) is 0. The molecule has 3 fully saturated rings. The number of rotatable bonds is 5. The van der Waals surface area contributed by atoms with Crippen LogP contribution in [0.4, 0.5) is 0 Å². The van der Waals surface area contributed by atoms with Gasteiger partial charge in [0.1, 0.15) is 0 Å². The zero-order chi connectivity index (χ0) is 10.8. The molecule has 3 aliphatic rings. The molecule has 1 spiro atoms. The SMILES string of the molecule is C=C(C)CCC(C)C1C2(CC)C3CCC312. The molecule has 0 bridgehead atoms. The smallest absolute Gasteiger partial charge is 0.0165 e. The molecule has 5 unspecified atom stereocenters. The summed E-state index contributed by atoms with van der Waals surface area (Å²) >= 11 is 0. The molecule has 84 valence electrons. The topological polar surface area (TPSA) is 0 Å². The second-order valence-corrected chi connectivity index (χ2v) is 6.48. The molecule has 3 rings (SSSR count). The predicted molar refractivity (Wildman–Crippen MR) is 64.6 cm³/mol. The molecule has 0 heterocycles. The Hall–Kier alpha value is -0.260. The van der Waals surface area contributed by atoms with Crippen LogP contribution in [0.25, 0.3) is 0 Å². The summed E-state index contributed by atoms with van der Waals surface area (Å²) in [5, 5.41) is 0. The van der Waals surface area contributed by atoms with Crippen LogP contribution in [0, 0.1) is 28.6 Å². The Morgan fingerprint density at radius 1 is 1.53 bits per heavy atom. The van der Waals surface area contributed by atoms with Gasteiger partial charge in [0.25, 0.3) is 0 Å². The van der Waals surface area contributed by atoms with Gasteiger partial charge in [0.05, 0.1) is 0 Å². The molecule has 0 amide bonds. The third-order valence-electron chi connectivity index (χ3n) is 6.08. The summed E-state index contributed by atoms with van der Waals surface area (Å²) in [5.41, 5.74) is 3.13. The lowest BCUT2D eigenvalue weighted by molar-refractivity contribution is 0.158. The van der Waals surface area contributed by atoms with Crippen molar-refractivity contribution in [3.63, 3.8) is 0 Å². The number of hydrogen-bond acceptors (Lipinski definition) is 0. The highest BCUT2D eigenvalue weighted by molar-refractivity contribution is 5.46. The van der Waals surface area contributed by atoms with E-state index in [0.717, 1.165) is 22.7 Å². The van der Waals surface area contributed by atoms with Gasteiger partial charge >= 0.3 is 0 Å². The van der Waals surface area contributed by atoms with Gasteiger partial charge in [0.2, 0.25) is 0 Å². The quantitative estimate of drug-likeness (QED) is 0.582. The minimum Gasteiger partial charge on any atom is -0.100 e. The van der Waals surface area contributed by atoms with Crippen molar-refractivity contribution in [2.75, 3.05) is 0 Å². The van der Waals surface area contributed by atoms with Crippen LogP contribution in [0.1, 0.15) is 52.9 Å². The molecule has 3 aliphatic carbocycles. The third kappa shape index (κ3) is 0.867. The Labute approximate surface area is 94.1 Å². The molecule has 0 aromatic heterocycles. The van der Waals surface area contributed by atoms with Crippen molar-refractivity contribution in [3.05, 3.63) is 12.2 Å². The van der Waals surface area contributed by atoms with Crippen molar-refractivity contribution in [3.8, 4) is 0 Å². The molecule has 0 saturated heterocycles. The summed E-state index contributed by atoms with van der Waals surface area (Å²) in [6.45, 7) is 11.1. The lowest BCUT2D eigenvalue weighted by atomic mass is 9.71. The first-order valence-corrected chi connectivity index (χ1v) is 6.75. The van der Waals surface area contributed by atoms with E-state index in [1.807, 2.05) is 0 Å². The van der Waals surface area contributed by atoms with Crippen molar-refractivity contribution >= 4 is 0 Å². The average Bonchev–Trinajstić information content (AvgIpc) is 2.92. The molecule has 0 heteroatoms. The number of hydrogen-bond donors (Lipinski definition) is 0. The normalized spacial score (nSPS) is 51.1. The van der Waals surface area contributed by atoms with Gasteiger partial charge in [-0.1, -0.05) is 19.4 Å². The standard InChI is InChI=1S/C15H24/c1-5-14-12-8-9-15(12,14)13(14)11(4)7-6-10(2)3/h11-13H,2,5-9H2,1,3-4H3. The van der Waals surface area contributed by atoms with Crippen LogP contribution in [-0.4, -0.2) is 0 Å². The second-order valence-electron chi connectivity index (χ2n) is 6.48. The summed E-state index contributed by atoms with van der Waals surface area (Å²) in [5.74, 6) is 3.23. The van der Waals surface area contributed by atoms with Gasteiger partial charge in [-0.2, -0.15) is 0 Å². The van der Waals surface area contributed by atoms with E-state index in [-0.39, 0.29) is 0 Å². The van der Waals surface area contributed by atoms with Gasteiger partial charge in [-0.05, 0) is 67.6 Å². The molecule has 0 aliphatic heterocycles. The summed E-state index contributed by atoms with van der Waals surface area (Å²) in [7, 11) is 0. The van der Waals surface area contributed by atoms with Crippen LogP contribution in [0.15, 0.2) is 12.2 Å². The van der Waals surface area contributed by atoms with Crippen LogP contribution < -0.4 is 0 Å². The first-order valence-electron chi connectivity index (χ1n) is 6.75. The fourth-order valence-corrected chi connectivity index (χ4v) is 5.46. The maximum atomic E-state index is 4.02. The molecule has 15 heavy (non-hydrogen) atoms. The van der Waals surface area contributed by atoms with Crippen LogP contribution in [-0.2, 0) is 0 Å². The van der Waals surface area contributed by atoms with Crippen LogP contribution in [0.5, 0.6) is 0 Å². The highest BCUT2D eigenvalue weighted by atomic mass is 15.0. The van der Waals surface area contributed by atoms with Crippen LogP contribution in [0.3, 0.4) is 0 Å². The second kappa shape index (κ2) is 2.70. The first-order chi connectivity index (χ1) is 7.11. The third-order valence-corrected chi connectivity index (χ3v) is 6.08. The van der Waals surface area contributed by atoms with Gasteiger partial charge < -0.3 is 0 Å². The summed E-state index contributed by atoms with van der Waals surface area (Å²) in [6.07, 6.45) is 7.21. The molecule has 3 saturated carbocycles. The Balaban J connectivity index is 1.60. The molecular formula is C15H24. The van der Waals surface area contributed by atoms with E-state index in [9.17, 15) is 0 Å². The average molecular weight is 204 g/mol. The van der Waals surface area contributed by atoms with E-state index in [1.165, 1.54) is 30.8 Å². The largest absolute Gasteiger partial charge is 0.100 e. The summed E-state index contributed by atoms with van der Waals surface area (Å²) in [4.78, 5) is 0. The zero-order valence-electron chi connectivity index (χ0n) is 10.5. The highest BCUT2D eigenvalue weighted by Gasteiger charge is 2.99. The lowest BCUT2D eigenvalue weighted by Gasteiger charge is -2.33. The van der Waals surface area contributed by atoms with E-state index in [1.54, 1.807) is 12.8 Å². The maximum absolute atomic E-state index is 4.02. The van der Waals surface area contributed by atoms with Gasteiger partial charge in [-0.3, -0.25) is 0 Å². The lowest BCUT2D eigenvalue weighted by Crippen LogP contribution is -2.26. The van der Waals surface area contributed by atoms with Crippen molar-refractivity contribution in [1.29, 1.82) is 0 Å². The van der Waals surface area contributed by atoms with E-state index in [2.05, 4.69) is 27.4 Å². The van der Waals surface area contributed by atoms with E-state index >= 15 is 0 Å². The van der Waals surface area contributed by atoms with Crippen LogP contribution in [0.2, 0.25) is 0 Å². The van der Waals surface area contributed by atoms with E-state index in [0.29, 0.717) is 0 Å². The van der Waals surface area contributed by atoms with Crippen molar-refractivity contribution in [2.45, 2.75) is 52.9 Å². The van der Waals surface area contributed by atoms with Gasteiger partial charge in [-0.15, -0.1) is 6.58 Å². The van der Waals surface area contributed by atoms with Gasteiger partial charge in [-0.25, -0.2) is 0 Å². The van der Waals surface area contributed by atoms with Crippen molar-refractivity contribution in [2.24, 2.45) is 28.6 Å². The molecule has 5 atom stereocenters. The van der Waals surface area contributed by atoms with E-state index < -0.39 is 0 Å². The van der Waals surface area contributed by atoms with Crippen LogP contribution >= 0.6 is 0 Å². The first kappa shape index (κ1) is 9.93. The van der Waals surface area contributed by atoms with Crippen molar-refractivity contribution in [1.82, 2.24) is 0 Å². The van der Waals surface area contributed by atoms with Gasteiger partial charge in [0.15, 0.2) is 0 Å². The molecule has 0 nitrogen and oxygen atoms in total. The van der Waals surface area contributed by atoms with E-state index in [4.69, 9.17) is 0 Å². The molecular weight excluding hydrogens is 180 g/mol. The monoisotopic (exact) mass is 204 g/mol. The van der Waals surface area contributed by atoms with Gasteiger partial charge in [0, 0.05) is 0 Å². The summed E-state index contributed by atoms with van der Waals surface area (Å²) < 4.78 is 0. The predicted octanol–water partition coefficient (Wildman–Crippen LogP) is 4.42. The maximum Gasteiger partial charge on any atom is -0.0165 e. The number of fused-ring (bicyclic) bond motifs is 1. The minimum atomic E-state index is 0.863. The molecule has 0 N–H and O–H groups in total. The minimum absolute atomic E-state index is 0.863. The number of allylic oxidation sites excluding steroid dienone is 1. The fourth-order valence-electron chi connectivity index (χ4n) is 5.46. The Morgan fingerprint density at radius 2 is 2.27 bits per heavy atom. The fraction of sp³-hybridized carbons (Fsp3) is 0.867. The molecule has 0 aromatic rings. The Kier molecular flexibility index (Phi) is 1.79. The Bertz CT molecular complexity index is 316. The molecule has 0 aromatic carbocycles.